The third-order valence-electron chi connectivity index (χ3n) is 4.67. The van der Waals surface area contributed by atoms with Crippen molar-refractivity contribution in [3.8, 4) is 17.6 Å². The summed E-state index contributed by atoms with van der Waals surface area (Å²) in [7, 11) is 0. The summed E-state index contributed by atoms with van der Waals surface area (Å²) < 4.78 is 7.43. The zero-order valence-electron chi connectivity index (χ0n) is 14.9. The number of aromatic nitrogens is 2. The van der Waals surface area contributed by atoms with Crippen LogP contribution in [-0.4, -0.2) is 14.7 Å². The highest BCUT2D eigenvalue weighted by molar-refractivity contribution is 5.57. The molecule has 0 fully saturated rings. The first kappa shape index (κ1) is 17.3. The van der Waals surface area contributed by atoms with E-state index in [-0.39, 0.29) is 17.1 Å². The van der Waals surface area contributed by atoms with Crippen molar-refractivity contribution in [3.05, 3.63) is 93.0 Å². The summed E-state index contributed by atoms with van der Waals surface area (Å²) >= 11 is 0. The molecule has 0 saturated heterocycles. The van der Waals surface area contributed by atoms with Gasteiger partial charge in [-0.3, -0.25) is 10.1 Å². The fraction of sp³-hybridized carbons (Fsp3) is 0.100. The Bertz CT molecular complexity index is 1140. The first-order chi connectivity index (χ1) is 13.5. The number of fused-ring (bicyclic) bond motifs is 1. The van der Waals surface area contributed by atoms with E-state index >= 15 is 0 Å². The Kier molecular flexibility index (Phi) is 4.05. The minimum absolute atomic E-state index is 0.00423. The summed E-state index contributed by atoms with van der Waals surface area (Å²) in [5.41, 5.74) is 9.16. The van der Waals surface area contributed by atoms with Crippen LogP contribution in [0.25, 0.3) is 5.69 Å². The van der Waals surface area contributed by atoms with E-state index in [9.17, 15) is 15.4 Å². The van der Waals surface area contributed by atoms with Gasteiger partial charge in [0.15, 0.2) is 0 Å². The Morgan fingerprint density at radius 3 is 2.50 bits per heavy atom. The fourth-order valence-corrected chi connectivity index (χ4v) is 3.38. The average molecular weight is 373 g/mol. The number of aryl methyl sites for hydroxylation is 1. The van der Waals surface area contributed by atoms with Crippen molar-refractivity contribution in [1.82, 2.24) is 9.78 Å². The molecule has 2 heterocycles. The number of nitrogens with zero attached hydrogens (tertiary/aromatic N) is 4. The van der Waals surface area contributed by atoms with Crippen molar-refractivity contribution in [3.63, 3.8) is 0 Å². The molecule has 0 spiro atoms. The average Bonchev–Trinajstić information content (AvgIpc) is 3.03. The van der Waals surface area contributed by atoms with E-state index in [1.807, 2.05) is 37.3 Å². The number of allylic oxidation sites excluding steroid dienone is 1. The van der Waals surface area contributed by atoms with Crippen LogP contribution in [0.15, 0.2) is 66.1 Å². The highest BCUT2D eigenvalue weighted by Gasteiger charge is 2.36. The lowest BCUT2D eigenvalue weighted by atomic mass is 9.84. The van der Waals surface area contributed by atoms with Crippen LogP contribution < -0.4 is 10.5 Å². The largest absolute Gasteiger partial charge is 0.422 e. The summed E-state index contributed by atoms with van der Waals surface area (Å²) in [5, 5.41) is 25.2. The van der Waals surface area contributed by atoms with E-state index in [0.29, 0.717) is 22.7 Å². The van der Waals surface area contributed by atoms with Crippen molar-refractivity contribution in [2.24, 2.45) is 5.73 Å². The molecule has 8 nitrogen and oxygen atoms in total. The van der Waals surface area contributed by atoms with Gasteiger partial charge in [-0.05, 0) is 24.6 Å². The van der Waals surface area contributed by atoms with Crippen molar-refractivity contribution < 1.29 is 9.66 Å². The molecule has 28 heavy (non-hydrogen) atoms. The molecule has 2 N–H and O–H groups in total. The number of rotatable bonds is 3. The lowest BCUT2D eigenvalue weighted by Gasteiger charge is -2.24. The SMILES string of the molecule is Cc1nn(-c2ccccc2)c2c1[C@H](c1ccc([N+](=O)[O-])cc1)C(C#N)=C(N)O2. The van der Waals surface area contributed by atoms with Gasteiger partial charge in [-0.25, -0.2) is 4.68 Å². The van der Waals surface area contributed by atoms with Crippen LogP contribution in [0.4, 0.5) is 5.69 Å². The van der Waals surface area contributed by atoms with Gasteiger partial charge in [-0.2, -0.15) is 10.4 Å². The molecular formula is C20H15N5O3. The van der Waals surface area contributed by atoms with Gasteiger partial charge >= 0.3 is 0 Å². The number of nitro groups is 1. The van der Waals surface area contributed by atoms with Gasteiger partial charge < -0.3 is 10.5 Å². The zero-order chi connectivity index (χ0) is 19.8. The van der Waals surface area contributed by atoms with Gasteiger partial charge in [0.1, 0.15) is 11.6 Å². The Balaban J connectivity index is 1.91. The molecular weight excluding hydrogens is 358 g/mol. The van der Waals surface area contributed by atoms with Gasteiger partial charge in [-0.1, -0.05) is 30.3 Å². The van der Waals surface area contributed by atoms with Crippen LogP contribution in [0.3, 0.4) is 0 Å². The van der Waals surface area contributed by atoms with Crippen LogP contribution in [-0.2, 0) is 0 Å². The molecule has 1 aliphatic rings. The number of non-ortho nitro benzene ring substituents is 1. The van der Waals surface area contributed by atoms with Crippen molar-refractivity contribution in [2.75, 3.05) is 0 Å². The van der Waals surface area contributed by atoms with Crippen LogP contribution in [0.2, 0.25) is 0 Å². The van der Waals surface area contributed by atoms with Gasteiger partial charge in [-0.15, -0.1) is 0 Å². The molecule has 138 valence electrons. The highest BCUT2D eigenvalue weighted by atomic mass is 16.6. The number of nitrogens with two attached hydrogens (primary N) is 1. The van der Waals surface area contributed by atoms with Crippen molar-refractivity contribution >= 4 is 5.69 Å². The first-order valence-corrected chi connectivity index (χ1v) is 8.48. The number of nitriles is 1. The van der Waals surface area contributed by atoms with Gasteiger partial charge in [0.2, 0.25) is 11.8 Å². The predicted molar refractivity (Wildman–Crippen MR) is 101 cm³/mol. The third-order valence-corrected chi connectivity index (χ3v) is 4.67. The fourth-order valence-electron chi connectivity index (χ4n) is 3.38. The molecule has 0 radical (unpaired) electrons. The quantitative estimate of drug-likeness (QED) is 0.555. The van der Waals surface area contributed by atoms with Gasteiger partial charge in [0.05, 0.1) is 27.8 Å². The zero-order valence-corrected chi connectivity index (χ0v) is 14.9. The molecule has 4 rings (SSSR count). The molecule has 1 aliphatic heterocycles. The summed E-state index contributed by atoms with van der Waals surface area (Å²) in [5.74, 6) is -0.0917. The molecule has 0 bridgehead atoms. The van der Waals surface area contributed by atoms with Gasteiger partial charge in [0.25, 0.3) is 5.69 Å². The Hall–Kier alpha value is -4.12. The molecule has 2 aromatic carbocycles. The lowest BCUT2D eigenvalue weighted by Crippen LogP contribution is -2.22. The normalized spacial score (nSPS) is 15.5. The number of para-hydroxylation sites is 1. The summed E-state index contributed by atoms with van der Waals surface area (Å²) in [6, 6.07) is 17.6. The second-order valence-corrected chi connectivity index (χ2v) is 6.33. The second kappa shape index (κ2) is 6.55. The molecule has 3 aromatic rings. The molecule has 0 aliphatic carbocycles. The van der Waals surface area contributed by atoms with E-state index < -0.39 is 10.8 Å². The van der Waals surface area contributed by atoms with Crippen LogP contribution in [0.1, 0.15) is 22.7 Å². The summed E-state index contributed by atoms with van der Waals surface area (Å²) in [6.45, 7) is 1.83. The first-order valence-electron chi connectivity index (χ1n) is 8.48. The topological polar surface area (TPSA) is 120 Å². The van der Waals surface area contributed by atoms with E-state index in [1.165, 1.54) is 12.1 Å². The minimum Gasteiger partial charge on any atom is -0.422 e. The number of hydrogen-bond donors (Lipinski definition) is 1. The standard InChI is InChI=1S/C20H15N5O3/c1-12-17-18(13-7-9-15(10-8-13)25(26)27)16(11-21)19(22)28-20(17)24(23-12)14-5-3-2-4-6-14/h2-10,18H,22H2,1H3/t18-/m1/s1. The molecule has 1 atom stereocenters. The summed E-state index contributed by atoms with van der Waals surface area (Å²) in [4.78, 5) is 10.5. The van der Waals surface area contributed by atoms with Crippen LogP contribution in [0.5, 0.6) is 5.88 Å². The Morgan fingerprint density at radius 1 is 1.21 bits per heavy atom. The highest BCUT2D eigenvalue weighted by Crippen LogP contribution is 2.44. The molecule has 1 aromatic heterocycles. The van der Waals surface area contributed by atoms with Gasteiger partial charge in [0, 0.05) is 12.1 Å². The number of benzene rings is 2. The Morgan fingerprint density at radius 2 is 1.89 bits per heavy atom. The van der Waals surface area contributed by atoms with E-state index in [2.05, 4.69) is 11.2 Å². The van der Waals surface area contributed by atoms with Crippen molar-refractivity contribution in [2.45, 2.75) is 12.8 Å². The van der Waals surface area contributed by atoms with Crippen molar-refractivity contribution in [1.29, 1.82) is 5.26 Å². The lowest BCUT2D eigenvalue weighted by molar-refractivity contribution is -0.384. The third kappa shape index (κ3) is 2.66. The van der Waals surface area contributed by atoms with E-state index in [1.54, 1.807) is 16.8 Å². The smallest absolute Gasteiger partial charge is 0.269 e. The molecule has 8 heteroatoms. The van der Waals surface area contributed by atoms with E-state index in [4.69, 9.17) is 10.5 Å². The minimum atomic E-state index is -0.521. The maximum atomic E-state index is 11.0. The maximum absolute atomic E-state index is 11.0. The monoisotopic (exact) mass is 373 g/mol. The van der Waals surface area contributed by atoms with Crippen LogP contribution >= 0.6 is 0 Å². The molecule has 0 saturated carbocycles. The molecule has 0 amide bonds. The van der Waals surface area contributed by atoms with Crippen LogP contribution in [0, 0.1) is 28.4 Å². The number of ether oxygens (including phenoxy) is 1. The van der Waals surface area contributed by atoms with E-state index in [0.717, 1.165) is 5.69 Å². The predicted octanol–water partition coefficient (Wildman–Crippen LogP) is 3.31. The number of nitro benzene ring substituents is 1. The second-order valence-electron chi connectivity index (χ2n) is 6.33. The Labute approximate surface area is 160 Å². The summed E-state index contributed by atoms with van der Waals surface area (Å²) in [6.07, 6.45) is 0. The maximum Gasteiger partial charge on any atom is 0.269 e. The molecule has 0 unspecified atom stereocenters. The number of hydrogen-bond acceptors (Lipinski definition) is 6.